The lowest BCUT2D eigenvalue weighted by atomic mass is 10.1. The van der Waals surface area contributed by atoms with Crippen LogP contribution in [0, 0.1) is 11.2 Å². The third kappa shape index (κ3) is 4.72. The smallest absolute Gasteiger partial charge is 0.161 e. The molecule has 3 nitrogen and oxygen atoms in total. The van der Waals surface area contributed by atoms with Gasteiger partial charge in [0.25, 0.3) is 0 Å². The topological polar surface area (TPSA) is 46.0 Å². The second-order valence-corrected chi connectivity index (χ2v) is 4.60. The van der Waals surface area contributed by atoms with Gasteiger partial charge in [0.1, 0.15) is 5.82 Å². The first-order valence-corrected chi connectivity index (χ1v) is 6.59. The van der Waals surface area contributed by atoms with Gasteiger partial charge in [0.05, 0.1) is 24.6 Å². The van der Waals surface area contributed by atoms with Gasteiger partial charge in [-0.15, -0.1) is 0 Å². The number of rotatable bonds is 7. The van der Waals surface area contributed by atoms with Crippen LogP contribution in [0.1, 0.15) is 11.3 Å². The van der Waals surface area contributed by atoms with Gasteiger partial charge in [-0.25, -0.2) is 8.78 Å². The van der Waals surface area contributed by atoms with Gasteiger partial charge in [-0.05, 0) is 17.7 Å². The molecule has 2 aromatic rings. The summed E-state index contributed by atoms with van der Waals surface area (Å²) < 4.78 is 32.4. The lowest BCUT2D eigenvalue weighted by Crippen LogP contribution is -2.23. The van der Waals surface area contributed by atoms with Crippen molar-refractivity contribution in [1.82, 2.24) is 4.98 Å². The third-order valence-electron chi connectivity index (χ3n) is 2.95. The number of alkyl halides is 1. The van der Waals surface area contributed by atoms with E-state index in [2.05, 4.69) is 4.98 Å². The van der Waals surface area contributed by atoms with E-state index >= 15 is 0 Å². The molecule has 0 radical (unpaired) electrons. The van der Waals surface area contributed by atoms with Gasteiger partial charge in [-0.3, -0.25) is 4.98 Å². The number of hydrogen-bond donors (Lipinski definition) is 1. The Morgan fingerprint density at radius 1 is 1.19 bits per heavy atom. The molecule has 1 N–H and O–H groups in total. The van der Waals surface area contributed by atoms with E-state index in [0.29, 0.717) is 0 Å². The zero-order valence-corrected chi connectivity index (χ0v) is 11.4. The molecule has 0 amide bonds. The third-order valence-corrected chi connectivity index (χ3v) is 2.95. The Bertz CT molecular complexity index is 590. The minimum absolute atomic E-state index is 0.0770. The maximum Gasteiger partial charge on any atom is 0.161 e. The molecule has 2 rings (SSSR count). The van der Waals surface area contributed by atoms with Crippen LogP contribution in [0.15, 0.2) is 48.7 Å². The van der Waals surface area contributed by atoms with Gasteiger partial charge in [-0.2, -0.15) is 0 Å². The Kier molecular flexibility index (Phi) is 5.51. The summed E-state index contributed by atoms with van der Waals surface area (Å²) in [5.41, 5.74) is 0.779. The molecule has 0 aliphatic rings. The van der Waals surface area contributed by atoms with Crippen molar-refractivity contribution in [1.29, 1.82) is 5.41 Å². The fourth-order valence-electron chi connectivity index (χ4n) is 1.79. The standard InChI is InChI=1S/C16H16F2N2O/c17-13-7-4-8-20-16(13)9-15(19)14(18)11-21-10-12-5-2-1-3-6-12/h1-8,14,19H,9-11H2/t14-/m1/s1. The molecule has 0 saturated carbocycles. The van der Waals surface area contributed by atoms with Gasteiger partial charge in [0.2, 0.25) is 0 Å². The van der Waals surface area contributed by atoms with Crippen LogP contribution < -0.4 is 0 Å². The average molecular weight is 290 g/mol. The van der Waals surface area contributed by atoms with Crippen LogP contribution in [0.25, 0.3) is 0 Å². The molecule has 1 aromatic carbocycles. The van der Waals surface area contributed by atoms with Crippen molar-refractivity contribution in [3.8, 4) is 0 Å². The number of pyridine rings is 1. The SMILES string of the molecule is N=C(Cc1ncccc1F)[C@H](F)COCc1ccccc1. The van der Waals surface area contributed by atoms with Crippen molar-refractivity contribution < 1.29 is 13.5 Å². The Labute approximate surface area is 122 Å². The molecule has 1 heterocycles. The highest BCUT2D eigenvalue weighted by Crippen LogP contribution is 2.08. The van der Waals surface area contributed by atoms with Crippen LogP contribution in [0.2, 0.25) is 0 Å². The number of nitrogens with one attached hydrogen (secondary N) is 1. The lowest BCUT2D eigenvalue weighted by molar-refractivity contribution is 0.0901. The van der Waals surface area contributed by atoms with E-state index in [4.69, 9.17) is 10.1 Å². The summed E-state index contributed by atoms with van der Waals surface area (Å²) in [6.45, 7) is 0.0642. The van der Waals surface area contributed by atoms with E-state index in [-0.39, 0.29) is 31.0 Å². The number of halogens is 2. The van der Waals surface area contributed by atoms with Gasteiger partial charge in [0.15, 0.2) is 6.17 Å². The van der Waals surface area contributed by atoms with Gasteiger partial charge >= 0.3 is 0 Å². The maximum atomic E-state index is 13.8. The molecule has 5 heteroatoms. The highest BCUT2D eigenvalue weighted by Gasteiger charge is 2.16. The number of nitrogens with zero attached hydrogens (tertiary/aromatic N) is 1. The predicted molar refractivity (Wildman–Crippen MR) is 76.6 cm³/mol. The molecule has 110 valence electrons. The van der Waals surface area contributed by atoms with Crippen molar-refractivity contribution in [3.05, 3.63) is 65.7 Å². The fraction of sp³-hybridized carbons (Fsp3) is 0.250. The lowest BCUT2D eigenvalue weighted by Gasteiger charge is -2.11. The van der Waals surface area contributed by atoms with Crippen molar-refractivity contribution in [2.45, 2.75) is 19.2 Å². The molecule has 0 saturated heterocycles. The highest BCUT2D eigenvalue weighted by atomic mass is 19.1. The van der Waals surface area contributed by atoms with Gasteiger partial charge in [-0.1, -0.05) is 30.3 Å². The second-order valence-electron chi connectivity index (χ2n) is 4.60. The van der Waals surface area contributed by atoms with Crippen LogP contribution >= 0.6 is 0 Å². The van der Waals surface area contributed by atoms with E-state index in [9.17, 15) is 8.78 Å². The molecule has 21 heavy (non-hydrogen) atoms. The fourth-order valence-corrected chi connectivity index (χ4v) is 1.79. The van der Waals surface area contributed by atoms with E-state index in [1.54, 1.807) is 0 Å². The van der Waals surface area contributed by atoms with E-state index in [1.165, 1.54) is 18.3 Å². The van der Waals surface area contributed by atoms with Crippen molar-refractivity contribution in [3.63, 3.8) is 0 Å². The Hall–Kier alpha value is -2.14. The highest BCUT2D eigenvalue weighted by molar-refractivity contribution is 5.87. The number of aromatic nitrogens is 1. The van der Waals surface area contributed by atoms with Crippen molar-refractivity contribution >= 4 is 5.71 Å². The van der Waals surface area contributed by atoms with E-state index < -0.39 is 12.0 Å². The van der Waals surface area contributed by atoms with Crippen LogP contribution in [-0.4, -0.2) is 23.5 Å². The number of hydrogen-bond acceptors (Lipinski definition) is 3. The first kappa shape index (κ1) is 15.3. The molecular formula is C16H16F2N2O. The Morgan fingerprint density at radius 3 is 2.67 bits per heavy atom. The summed E-state index contributed by atoms with van der Waals surface area (Å²) in [6.07, 6.45) is -0.289. The molecular weight excluding hydrogens is 274 g/mol. The van der Waals surface area contributed by atoms with Crippen LogP contribution in [0.3, 0.4) is 0 Å². The summed E-state index contributed by atoms with van der Waals surface area (Å²) in [6, 6.07) is 12.1. The van der Waals surface area contributed by atoms with Gasteiger partial charge in [0, 0.05) is 12.6 Å². The maximum absolute atomic E-state index is 13.8. The van der Waals surface area contributed by atoms with Crippen LogP contribution in [0.5, 0.6) is 0 Å². The van der Waals surface area contributed by atoms with Crippen LogP contribution in [-0.2, 0) is 17.8 Å². The summed E-state index contributed by atoms with van der Waals surface area (Å²) >= 11 is 0. The molecule has 0 bridgehead atoms. The summed E-state index contributed by atoms with van der Waals surface area (Å²) in [4.78, 5) is 3.81. The molecule has 0 aliphatic carbocycles. The number of benzene rings is 1. The molecule has 0 unspecified atom stereocenters. The molecule has 1 aromatic heterocycles. The summed E-state index contributed by atoms with van der Waals surface area (Å²) in [7, 11) is 0. The largest absolute Gasteiger partial charge is 0.373 e. The first-order valence-electron chi connectivity index (χ1n) is 6.59. The normalized spacial score (nSPS) is 12.1. The van der Waals surface area contributed by atoms with Crippen LogP contribution in [0.4, 0.5) is 8.78 Å². The van der Waals surface area contributed by atoms with Crippen molar-refractivity contribution in [2.75, 3.05) is 6.61 Å². The molecule has 0 spiro atoms. The van der Waals surface area contributed by atoms with E-state index in [0.717, 1.165) is 5.56 Å². The monoisotopic (exact) mass is 290 g/mol. The minimum atomic E-state index is -1.56. The average Bonchev–Trinajstić information content (AvgIpc) is 2.50. The second kappa shape index (κ2) is 7.59. The van der Waals surface area contributed by atoms with Crippen molar-refractivity contribution in [2.24, 2.45) is 0 Å². The first-order chi connectivity index (χ1) is 10.2. The zero-order valence-electron chi connectivity index (χ0n) is 11.4. The molecule has 0 aliphatic heterocycles. The summed E-state index contributed by atoms with van der Waals surface area (Å²) in [5, 5.41) is 7.65. The summed E-state index contributed by atoms with van der Waals surface area (Å²) in [5.74, 6) is -0.528. The zero-order chi connectivity index (χ0) is 15.1. The minimum Gasteiger partial charge on any atom is -0.373 e. The number of ether oxygens (including phenoxy) is 1. The Morgan fingerprint density at radius 2 is 1.95 bits per heavy atom. The Balaban J connectivity index is 1.79. The molecule has 0 fully saturated rings. The van der Waals surface area contributed by atoms with E-state index in [1.807, 2.05) is 30.3 Å². The molecule has 1 atom stereocenters. The quantitative estimate of drug-likeness (QED) is 0.795. The van der Waals surface area contributed by atoms with Gasteiger partial charge < -0.3 is 10.1 Å². The predicted octanol–water partition coefficient (Wildman–Crippen LogP) is 3.34.